The fraction of sp³-hybridized carbons (Fsp3) is 0.0769. The van der Waals surface area contributed by atoms with Gasteiger partial charge in [-0.05, 0) is 17.7 Å². The average molecular weight is 278 g/mol. The first-order valence-electron chi connectivity index (χ1n) is 5.46. The molecule has 3 aromatic rings. The van der Waals surface area contributed by atoms with Gasteiger partial charge in [0.2, 0.25) is 0 Å². The molecular formula is C13H9Cl2N3. The number of hydrogen-bond donors (Lipinski definition) is 0. The summed E-state index contributed by atoms with van der Waals surface area (Å²) in [5, 5.41) is 5.76. The van der Waals surface area contributed by atoms with E-state index in [4.69, 9.17) is 23.2 Å². The zero-order valence-corrected chi connectivity index (χ0v) is 10.9. The molecule has 0 N–H and O–H groups in total. The van der Waals surface area contributed by atoms with Gasteiger partial charge in [-0.15, -0.1) is 0 Å². The summed E-state index contributed by atoms with van der Waals surface area (Å²) in [6.07, 6.45) is 2.40. The molecule has 18 heavy (non-hydrogen) atoms. The predicted molar refractivity (Wildman–Crippen MR) is 72.3 cm³/mol. The van der Waals surface area contributed by atoms with E-state index in [0.29, 0.717) is 11.4 Å². The van der Waals surface area contributed by atoms with E-state index in [1.54, 1.807) is 22.8 Å². The van der Waals surface area contributed by atoms with E-state index in [0.717, 1.165) is 22.1 Å². The second kappa shape index (κ2) is 4.59. The minimum atomic E-state index is 0.610. The van der Waals surface area contributed by atoms with Gasteiger partial charge in [-0.1, -0.05) is 41.4 Å². The molecule has 3 nitrogen and oxygen atoms in total. The van der Waals surface area contributed by atoms with Crippen LogP contribution >= 0.6 is 23.2 Å². The Kier molecular flexibility index (Phi) is 2.94. The van der Waals surface area contributed by atoms with Crippen molar-refractivity contribution in [2.45, 2.75) is 6.42 Å². The van der Waals surface area contributed by atoms with Crippen molar-refractivity contribution >= 4 is 28.8 Å². The maximum atomic E-state index is 6.11. The molecule has 2 heterocycles. The minimum Gasteiger partial charge on any atom is -0.221 e. The summed E-state index contributed by atoms with van der Waals surface area (Å²) >= 11 is 12.0. The van der Waals surface area contributed by atoms with Crippen molar-refractivity contribution < 1.29 is 0 Å². The Balaban J connectivity index is 1.98. The first-order valence-corrected chi connectivity index (χ1v) is 6.22. The van der Waals surface area contributed by atoms with Crippen LogP contribution in [0.1, 0.15) is 11.4 Å². The van der Waals surface area contributed by atoms with Crippen LogP contribution in [0, 0.1) is 0 Å². The van der Waals surface area contributed by atoms with Crippen LogP contribution in [0.15, 0.2) is 42.6 Å². The Bertz CT molecular complexity index is 706. The van der Waals surface area contributed by atoms with Gasteiger partial charge in [-0.2, -0.15) is 5.10 Å². The van der Waals surface area contributed by atoms with Crippen molar-refractivity contribution in [3.8, 4) is 0 Å². The summed E-state index contributed by atoms with van der Waals surface area (Å²) in [5.41, 5.74) is 1.76. The van der Waals surface area contributed by atoms with Crippen molar-refractivity contribution in [3.05, 3.63) is 64.0 Å². The molecule has 1 aromatic carbocycles. The normalized spacial score (nSPS) is 11.0. The highest BCUT2D eigenvalue weighted by molar-refractivity contribution is 6.31. The van der Waals surface area contributed by atoms with Gasteiger partial charge in [0.05, 0.1) is 0 Å². The van der Waals surface area contributed by atoms with E-state index in [-0.39, 0.29) is 0 Å². The fourth-order valence-electron chi connectivity index (χ4n) is 1.79. The molecule has 0 aliphatic heterocycles. The average Bonchev–Trinajstić information content (AvgIpc) is 2.73. The van der Waals surface area contributed by atoms with E-state index in [9.17, 15) is 0 Å². The van der Waals surface area contributed by atoms with Crippen LogP contribution in [0.3, 0.4) is 0 Å². The third-order valence-corrected chi connectivity index (χ3v) is 3.25. The van der Waals surface area contributed by atoms with Crippen LogP contribution in [0.4, 0.5) is 0 Å². The van der Waals surface area contributed by atoms with Gasteiger partial charge in [-0.3, -0.25) is 0 Å². The number of halogens is 2. The number of nitrogens with zero attached hydrogens (tertiary/aromatic N) is 3. The summed E-state index contributed by atoms with van der Waals surface area (Å²) in [6, 6.07) is 11.3. The van der Waals surface area contributed by atoms with E-state index >= 15 is 0 Å². The van der Waals surface area contributed by atoms with E-state index in [1.807, 2.05) is 24.3 Å². The Morgan fingerprint density at radius 1 is 1.11 bits per heavy atom. The maximum Gasteiger partial charge on any atom is 0.157 e. The second-order valence-corrected chi connectivity index (χ2v) is 4.79. The van der Waals surface area contributed by atoms with Gasteiger partial charge >= 0.3 is 0 Å². The summed E-state index contributed by atoms with van der Waals surface area (Å²) < 4.78 is 1.71. The molecule has 0 unspecified atom stereocenters. The summed E-state index contributed by atoms with van der Waals surface area (Å²) in [6.45, 7) is 0. The molecule has 0 saturated heterocycles. The van der Waals surface area contributed by atoms with Crippen molar-refractivity contribution in [1.82, 2.24) is 14.6 Å². The summed E-state index contributed by atoms with van der Waals surface area (Å²) in [7, 11) is 0. The van der Waals surface area contributed by atoms with Crippen LogP contribution in [0.5, 0.6) is 0 Å². The molecule has 0 radical (unpaired) electrons. The van der Waals surface area contributed by atoms with E-state index in [2.05, 4.69) is 10.1 Å². The predicted octanol–water partition coefficient (Wildman–Crippen LogP) is 3.63. The summed E-state index contributed by atoms with van der Waals surface area (Å²) in [4.78, 5) is 4.42. The zero-order valence-electron chi connectivity index (χ0n) is 9.35. The Morgan fingerprint density at radius 2 is 1.94 bits per heavy atom. The second-order valence-electron chi connectivity index (χ2n) is 3.94. The smallest absolute Gasteiger partial charge is 0.157 e. The quantitative estimate of drug-likeness (QED) is 0.716. The zero-order chi connectivity index (χ0) is 12.5. The Hall–Kier alpha value is -1.58. The summed E-state index contributed by atoms with van der Waals surface area (Å²) in [5.74, 6) is 0.727. The number of hydrogen-bond acceptors (Lipinski definition) is 2. The lowest BCUT2D eigenvalue weighted by Crippen LogP contribution is -1.92. The number of fused-ring (bicyclic) bond motifs is 1. The fourth-order valence-corrected chi connectivity index (χ4v) is 2.15. The van der Waals surface area contributed by atoms with Crippen molar-refractivity contribution in [2.24, 2.45) is 0 Å². The molecule has 0 fully saturated rings. The highest BCUT2D eigenvalue weighted by Gasteiger charge is 2.07. The molecule has 0 aliphatic carbocycles. The standard InChI is InChI=1S/C13H9Cl2N3/c14-10-5-6-18-13(8-10)16-12(17-18)7-9-3-1-2-4-11(9)15/h1-6,8H,7H2. The van der Waals surface area contributed by atoms with E-state index < -0.39 is 0 Å². The van der Waals surface area contributed by atoms with Crippen LogP contribution in [0.25, 0.3) is 5.65 Å². The Morgan fingerprint density at radius 3 is 2.78 bits per heavy atom. The van der Waals surface area contributed by atoms with Crippen LogP contribution < -0.4 is 0 Å². The largest absolute Gasteiger partial charge is 0.221 e. The van der Waals surface area contributed by atoms with Gasteiger partial charge in [0.25, 0.3) is 0 Å². The lowest BCUT2D eigenvalue weighted by molar-refractivity contribution is 0.900. The van der Waals surface area contributed by atoms with Gasteiger partial charge in [0, 0.05) is 28.7 Å². The Labute approximate surface area is 114 Å². The number of benzene rings is 1. The van der Waals surface area contributed by atoms with Gasteiger partial charge in [-0.25, -0.2) is 9.50 Å². The van der Waals surface area contributed by atoms with Crippen LogP contribution in [-0.4, -0.2) is 14.6 Å². The number of rotatable bonds is 2. The first kappa shape index (κ1) is 11.5. The number of pyridine rings is 1. The minimum absolute atomic E-state index is 0.610. The lowest BCUT2D eigenvalue weighted by Gasteiger charge is -1.99. The molecule has 0 spiro atoms. The first-order chi connectivity index (χ1) is 8.72. The molecule has 2 aromatic heterocycles. The molecule has 0 amide bonds. The molecule has 0 saturated carbocycles. The molecule has 5 heteroatoms. The highest BCUT2D eigenvalue weighted by Crippen LogP contribution is 2.18. The molecule has 3 rings (SSSR count). The molecule has 0 bridgehead atoms. The van der Waals surface area contributed by atoms with Gasteiger partial charge in [0.1, 0.15) is 0 Å². The van der Waals surface area contributed by atoms with E-state index in [1.165, 1.54) is 0 Å². The van der Waals surface area contributed by atoms with Crippen molar-refractivity contribution in [1.29, 1.82) is 0 Å². The molecule has 0 aliphatic rings. The third-order valence-electron chi connectivity index (χ3n) is 2.65. The maximum absolute atomic E-state index is 6.11. The SMILES string of the molecule is Clc1ccn2nc(Cc3ccccc3Cl)nc2c1. The van der Waals surface area contributed by atoms with Crippen LogP contribution in [0.2, 0.25) is 10.0 Å². The number of aromatic nitrogens is 3. The van der Waals surface area contributed by atoms with Crippen molar-refractivity contribution in [3.63, 3.8) is 0 Å². The molecular weight excluding hydrogens is 269 g/mol. The van der Waals surface area contributed by atoms with Crippen molar-refractivity contribution in [2.75, 3.05) is 0 Å². The van der Waals surface area contributed by atoms with Gasteiger partial charge in [0.15, 0.2) is 11.5 Å². The third kappa shape index (κ3) is 2.19. The lowest BCUT2D eigenvalue weighted by atomic mass is 10.1. The highest BCUT2D eigenvalue weighted by atomic mass is 35.5. The van der Waals surface area contributed by atoms with Gasteiger partial charge < -0.3 is 0 Å². The topological polar surface area (TPSA) is 30.2 Å². The molecule has 90 valence electrons. The molecule has 0 atom stereocenters. The monoisotopic (exact) mass is 277 g/mol. The van der Waals surface area contributed by atoms with Crippen LogP contribution in [-0.2, 0) is 6.42 Å².